The molecule has 1 aromatic heterocycles. The third-order valence-corrected chi connectivity index (χ3v) is 5.86. The smallest absolute Gasteiger partial charge is 0.249 e. The fraction of sp³-hybridized carbons (Fsp3) is 0.722. The summed E-state index contributed by atoms with van der Waals surface area (Å²) in [6.07, 6.45) is 8.47. The number of aromatic nitrogens is 2. The molecule has 3 aliphatic heterocycles. The molecule has 0 radical (unpaired) electrons. The molecule has 4 heterocycles. The van der Waals surface area contributed by atoms with Crippen LogP contribution in [-0.2, 0) is 20.9 Å². The molecule has 4 rings (SSSR count). The lowest BCUT2D eigenvalue weighted by molar-refractivity contribution is -0.134. The standard InChI is InChI=1S/C18H27N5O3/c24-16(14-4-3-9-26-14)22-13-10-18(5-1-2-8-23(18)12-13)17(25)21-11-15-19-6-7-20-15/h6-7,13-14H,1-5,8-12H2,(H,19,20)(H,21,25)(H,22,24)/t13-,14+,18+/m0/s1. The average Bonchev–Trinajstić information content (AvgIpc) is 3.39. The van der Waals surface area contributed by atoms with Crippen LogP contribution in [0.4, 0.5) is 0 Å². The number of imidazole rings is 1. The molecular formula is C18H27N5O3. The van der Waals surface area contributed by atoms with Gasteiger partial charge in [0.05, 0.1) is 6.54 Å². The Hall–Kier alpha value is -1.93. The fourth-order valence-electron chi connectivity index (χ4n) is 4.58. The SMILES string of the molecule is O=C(N[C@@H]1CN2CCCC[C@]2(C(=O)NCc2ncc[nH]2)C1)[C@H]1CCCO1. The van der Waals surface area contributed by atoms with Crippen molar-refractivity contribution < 1.29 is 14.3 Å². The summed E-state index contributed by atoms with van der Waals surface area (Å²) in [5, 5.41) is 6.16. The van der Waals surface area contributed by atoms with Gasteiger partial charge in [0, 0.05) is 31.6 Å². The van der Waals surface area contributed by atoms with Crippen LogP contribution in [0.1, 0.15) is 44.3 Å². The number of ether oxygens (including phenoxy) is 1. The van der Waals surface area contributed by atoms with Crippen LogP contribution >= 0.6 is 0 Å². The van der Waals surface area contributed by atoms with Crippen molar-refractivity contribution in [1.29, 1.82) is 0 Å². The van der Waals surface area contributed by atoms with Gasteiger partial charge < -0.3 is 20.4 Å². The van der Waals surface area contributed by atoms with E-state index in [2.05, 4.69) is 25.5 Å². The zero-order valence-corrected chi connectivity index (χ0v) is 15.0. The van der Waals surface area contributed by atoms with Crippen molar-refractivity contribution in [3.63, 3.8) is 0 Å². The fourth-order valence-corrected chi connectivity index (χ4v) is 4.58. The van der Waals surface area contributed by atoms with Crippen LogP contribution in [0.25, 0.3) is 0 Å². The molecule has 3 N–H and O–H groups in total. The maximum absolute atomic E-state index is 13.1. The molecule has 0 aliphatic carbocycles. The van der Waals surface area contributed by atoms with Crippen molar-refractivity contribution in [1.82, 2.24) is 25.5 Å². The number of fused-ring (bicyclic) bond motifs is 1. The van der Waals surface area contributed by atoms with Crippen molar-refractivity contribution in [3.05, 3.63) is 18.2 Å². The van der Waals surface area contributed by atoms with Crippen molar-refractivity contribution in [2.45, 2.75) is 62.8 Å². The van der Waals surface area contributed by atoms with Crippen molar-refractivity contribution in [3.8, 4) is 0 Å². The third-order valence-electron chi connectivity index (χ3n) is 5.86. The number of hydrogen-bond acceptors (Lipinski definition) is 5. The zero-order chi connectivity index (χ0) is 18.0. The lowest BCUT2D eigenvalue weighted by Gasteiger charge is -2.40. The molecule has 142 valence electrons. The minimum absolute atomic E-state index is 0.000775. The summed E-state index contributed by atoms with van der Waals surface area (Å²) >= 11 is 0. The minimum atomic E-state index is -0.515. The highest BCUT2D eigenvalue weighted by molar-refractivity contribution is 5.87. The Morgan fingerprint density at radius 1 is 1.38 bits per heavy atom. The quantitative estimate of drug-likeness (QED) is 0.701. The molecule has 2 amide bonds. The first kappa shape index (κ1) is 17.5. The third kappa shape index (κ3) is 3.35. The van der Waals surface area contributed by atoms with Gasteiger partial charge in [0.25, 0.3) is 0 Å². The number of nitrogens with one attached hydrogen (secondary N) is 3. The molecule has 3 fully saturated rings. The second-order valence-corrected chi connectivity index (χ2v) is 7.56. The summed E-state index contributed by atoms with van der Waals surface area (Å²) in [5.74, 6) is 0.763. The Balaban J connectivity index is 1.40. The zero-order valence-electron chi connectivity index (χ0n) is 15.0. The summed E-state index contributed by atoms with van der Waals surface area (Å²) in [5.41, 5.74) is -0.515. The van der Waals surface area contributed by atoms with Crippen LogP contribution in [0.2, 0.25) is 0 Å². The van der Waals surface area contributed by atoms with Crippen LogP contribution in [0.3, 0.4) is 0 Å². The average molecular weight is 361 g/mol. The molecule has 0 spiro atoms. The number of nitrogens with zero attached hydrogens (tertiary/aromatic N) is 2. The van der Waals surface area contributed by atoms with E-state index in [0.29, 0.717) is 19.6 Å². The van der Waals surface area contributed by atoms with Crippen LogP contribution in [0.15, 0.2) is 12.4 Å². The number of hydrogen-bond donors (Lipinski definition) is 3. The lowest BCUT2D eigenvalue weighted by Crippen LogP contribution is -2.57. The molecule has 3 atom stereocenters. The molecule has 8 nitrogen and oxygen atoms in total. The number of aromatic amines is 1. The van der Waals surface area contributed by atoms with Gasteiger partial charge in [-0.25, -0.2) is 4.98 Å². The number of carbonyl (C=O) groups excluding carboxylic acids is 2. The van der Waals surface area contributed by atoms with Crippen LogP contribution in [0, 0.1) is 0 Å². The molecule has 0 aromatic carbocycles. The van der Waals surface area contributed by atoms with Gasteiger partial charge in [-0.15, -0.1) is 0 Å². The molecule has 0 bridgehead atoms. The molecule has 0 saturated carbocycles. The van der Waals surface area contributed by atoms with Crippen molar-refractivity contribution in [2.24, 2.45) is 0 Å². The van der Waals surface area contributed by atoms with Gasteiger partial charge in [0.1, 0.15) is 17.5 Å². The van der Waals surface area contributed by atoms with Crippen molar-refractivity contribution in [2.75, 3.05) is 19.7 Å². The number of amides is 2. The first-order chi connectivity index (χ1) is 12.7. The largest absolute Gasteiger partial charge is 0.368 e. The van der Waals surface area contributed by atoms with Crippen molar-refractivity contribution >= 4 is 11.8 Å². The number of rotatable bonds is 5. The molecule has 0 unspecified atom stereocenters. The summed E-state index contributed by atoms with van der Waals surface area (Å²) in [4.78, 5) is 34.9. The molecule has 3 saturated heterocycles. The maximum atomic E-state index is 13.1. The normalized spacial score (nSPS) is 31.5. The van der Waals surface area contributed by atoms with E-state index in [1.165, 1.54) is 0 Å². The Morgan fingerprint density at radius 2 is 2.31 bits per heavy atom. The first-order valence-corrected chi connectivity index (χ1v) is 9.61. The maximum Gasteiger partial charge on any atom is 0.249 e. The van der Waals surface area contributed by atoms with Gasteiger partial charge in [0.15, 0.2) is 0 Å². The van der Waals surface area contributed by atoms with E-state index in [1.807, 2.05) is 0 Å². The monoisotopic (exact) mass is 361 g/mol. The van der Waals surface area contributed by atoms with E-state index in [4.69, 9.17) is 4.74 Å². The number of H-pyrrole nitrogens is 1. The van der Waals surface area contributed by atoms with Gasteiger partial charge in [-0.1, -0.05) is 0 Å². The second kappa shape index (κ2) is 7.36. The number of piperidine rings is 1. The predicted octanol–water partition coefficient (Wildman–Crippen LogP) is 0.318. The minimum Gasteiger partial charge on any atom is -0.368 e. The lowest BCUT2D eigenvalue weighted by atomic mass is 9.84. The van der Waals surface area contributed by atoms with Crippen LogP contribution < -0.4 is 10.6 Å². The molecular weight excluding hydrogens is 334 g/mol. The first-order valence-electron chi connectivity index (χ1n) is 9.61. The Labute approximate surface area is 153 Å². The molecule has 1 aromatic rings. The van der Waals surface area contributed by atoms with E-state index in [0.717, 1.165) is 51.0 Å². The van der Waals surface area contributed by atoms with E-state index in [9.17, 15) is 9.59 Å². The van der Waals surface area contributed by atoms with E-state index in [1.54, 1.807) is 12.4 Å². The molecule has 8 heteroatoms. The van der Waals surface area contributed by atoms with Crippen LogP contribution in [-0.4, -0.2) is 64.1 Å². The predicted molar refractivity (Wildman–Crippen MR) is 94.1 cm³/mol. The van der Waals surface area contributed by atoms with Gasteiger partial charge in [-0.3, -0.25) is 14.5 Å². The number of carbonyl (C=O) groups is 2. The summed E-state index contributed by atoms with van der Waals surface area (Å²) < 4.78 is 5.48. The molecule has 3 aliphatic rings. The van der Waals surface area contributed by atoms with Gasteiger partial charge >= 0.3 is 0 Å². The Morgan fingerprint density at radius 3 is 3.08 bits per heavy atom. The van der Waals surface area contributed by atoms with Gasteiger partial charge in [0.2, 0.25) is 11.8 Å². The Bertz CT molecular complexity index is 643. The summed E-state index contributed by atoms with van der Waals surface area (Å²) in [6.45, 7) is 2.69. The summed E-state index contributed by atoms with van der Waals surface area (Å²) in [7, 11) is 0. The Kier molecular flexibility index (Phi) is 4.95. The summed E-state index contributed by atoms with van der Waals surface area (Å²) in [6, 6.07) is -0.000775. The van der Waals surface area contributed by atoms with Crippen LogP contribution in [0.5, 0.6) is 0 Å². The second-order valence-electron chi connectivity index (χ2n) is 7.56. The highest BCUT2D eigenvalue weighted by Gasteiger charge is 2.52. The van der Waals surface area contributed by atoms with E-state index < -0.39 is 5.54 Å². The highest BCUT2D eigenvalue weighted by atomic mass is 16.5. The van der Waals surface area contributed by atoms with Gasteiger partial charge in [-0.05, 0) is 45.1 Å². The highest BCUT2D eigenvalue weighted by Crippen LogP contribution is 2.38. The topological polar surface area (TPSA) is 99.4 Å². The van der Waals surface area contributed by atoms with Gasteiger partial charge in [-0.2, -0.15) is 0 Å². The molecule has 26 heavy (non-hydrogen) atoms. The van der Waals surface area contributed by atoms with E-state index >= 15 is 0 Å². The van der Waals surface area contributed by atoms with E-state index in [-0.39, 0.29) is 24.0 Å².